The number of fused-ring (bicyclic) bond motifs is 1. The molecule has 0 bridgehead atoms. The van der Waals surface area contributed by atoms with Crippen LogP contribution in [0.3, 0.4) is 0 Å². The van der Waals surface area contributed by atoms with Crippen LogP contribution in [0.4, 0.5) is 5.69 Å². The van der Waals surface area contributed by atoms with Crippen LogP contribution in [0.5, 0.6) is 0 Å². The Bertz CT molecular complexity index is 784. The Labute approximate surface area is 153 Å². The number of carbonyl (C=O) groups excluding carboxylic acids is 2. The molecule has 3 rings (SSSR count). The van der Waals surface area contributed by atoms with Gasteiger partial charge in [-0.05, 0) is 60.6 Å². The Morgan fingerprint density at radius 1 is 1.27 bits per heavy atom. The van der Waals surface area contributed by atoms with E-state index < -0.39 is 6.04 Å². The third-order valence-corrected chi connectivity index (χ3v) is 4.78. The predicted molar refractivity (Wildman–Crippen MR) is 99.5 cm³/mol. The normalized spacial score (nSPS) is 17.4. The molecule has 2 amide bonds. The summed E-state index contributed by atoms with van der Waals surface area (Å²) in [6.07, 6.45) is 4.27. The summed E-state index contributed by atoms with van der Waals surface area (Å²) >= 11 is 0. The molecule has 26 heavy (non-hydrogen) atoms. The predicted octanol–water partition coefficient (Wildman–Crippen LogP) is 2.81. The van der Waals surface area contributed by atoms with Crippen LogP contribution in [0.15, 0.2) is 41.0 Å². The van der Waals surface area contributed by atoms with Gasteiger partial charge in [0.15, 0.2) is 5.76 Å². The van der Waals surface area contributed by atoms with E-state index in [9.17, 15) is 9.59 Å². The molecule has 2 atom stereocenters. The zero-order valence-corrected chi connectivity index (χ0v) is 15.1. The minimum absolute atomic E-state index is 0.0524. The Balaban J connectivity index is 1.72. The van der Waals surface area contributed by atoms with E-state index in [0.29, 0.717) is 0 Å². The first-order chi connectivity index (χ1) is 12.5. The van der Waals surface area contributed by atoms with Gasteiger partial charge in [0.05, 0.1) is 12.3 Å². The van der Waals surface area contributed by atoms with Crippen molar-refractivity contribution in [1.29, 1.82) is 0 Å². The average molecular weight is 355 g/mol. The number of nitrogens with one attached hydrogen (secondary N) is 2. The molecule has 4 N–H and O–H groups in total. The molecule has 1 aromatic carbocycles. The van der Waals surface area contributed by atoms with E-state index in [-0.39, 0.29) is 29.5 Å². The molecule has 0 fully saturated rings. The van der Waals surface area contributed by atoms with E-state index in [1.165, 1.54) is 11.8 Å². The smallest absolute Gasteiger partial charge is 0.287 e. The highest BCUT2D eigenvalue weighted by atomic mass is 16.3. The van der Waals surface area contributed by atoms with Gasteiger partial charge in [0.25, 0.3) is 5.91 Å². The van der Waals surface area contributed by atoms with Gasteiger partial charge in [0.2, 0.25) is 5.91 Å². The van der Waals surface area contributed by atoms with Crippen LogP contribution in [0, 0.1) is 5.92 Å². The van der Waals surface area contributed by atoms with E-state index >= 15 is 0 Å². The molecule has 1 aromatic heterocycles. The maximum Gasteiger partial charge on any atom is 0.287 e. The fourth-order valence-corrected chi connectivity index (χ4v) is 3.40. The lowest BCUT2D eigenvalue weighted by molar-refractivity contribution is -0.124. The first-order valence-corrected chi connectivity index (χ1v) is 8.98. The van der Waals surface area contributed by atoms with E-state index in [4.69, 9.17) is 10.2 Å². The van der Waals surface area contributed by atoms with Crippen molar-refractivity contribution in [2.24, 2.45) is 5.92 Å². The number of furan rings is 1. The average Bonchev–Trinajstić information content (AvgIpc) is 3.13. The van der Waals surface area contributed by atoms with Crippen LogP contribution >= 0.6 is 0 Å². The van der Waals surface area contributed by atoms with Crippen LogP contribution in [0.1, 0.15) is 54.4 Å². The molecule has 2 unspecified atom stereocenters. The van der Waals surface area contributed by atoms with Crippen molar-refractivity contribution in [2.75, 3.05) is 5.73 Å². The summed E-state index contributed by atoms with van der Waals surface area (Å²) in [7, 11) is 0. The topological polar surface area (TPSA) is 97.4 Å². The van der Waals surface area contributed by atoms with Crippen LogP contribution in [-0.4, -0.2) is 17.9 Å². The highest BCUT2D eigenvalue weighted by Crippen LogP contribution is 2.31. The van der Waals surface area contributed by atoms with Crippen molar-refractivity contribution in [3.8, 4) is 0 Å². The van der Waals surface area contributed by atoms with Gasteiger partial charge in [0, 0.05) is 5.69 Å². The molecule has 1 heterocycles. The van der Waals surface area contributed by atoms with Crippen LogP contribution in [0.25, 0.3) is 0 Å². The summed E-state index contributed by atoms with van der Waals surface area (Å²) < 4.78 is 5.11. The third-order valence-electron chi connectivity index (χ3n) is 4.78. The molecule has 0 radical (unpaired) electrons. The van der Waals surface area contributed by atoms with Crippen LogP contribution < -0.4 is 16.4 Å². The molecule has 0 saturated carbocycles. The van der Waals surface area contributed by atoms with Crippen molar-refractivity contribution >= 4 is 17.5 Å². The molecular weight excluding hydrogens is 330 g/mol. The van der Waals surface area contributed by atoms with Crippen molar-refractivity contribution in [3.05, 3.63) is 53.5 Å². The number of hydrogen-bond acceptors (Lipinski definition) is 4. The van der Waals surface area contributed by atoms with Gasteiger partial charge in [0.1, 0.15) is 6.04 Å². The second-order valence-corrected chi connectivity index (χ2v) is 7.08. The fourth-order valence-electron chi connectivity index (χ4n) is 3.40. The van der Waals surface area contributed by atoms with Crippen molar-refractivity contribution in [2.45, 2.75) is 45.2 Å². The zero-order valence-electron chi connectivity index (χ0n) is 15.1. The van der Waals surface area contributed by atoms with Crippen molar-refractivity contribution in [3.63, 3.8) is 0 Å². The van der Waals surface area contributed by atoms with Gasteiger partial charge in [-0.3, -0.25) is 9.59 Å². The van der Waals surface area contributed by atoms with Gasteiger partial charge in [-0.15, -0.1) is 0 Å². The SMILES string of the molecule is CC(C)C(NC(=O)c1ccco1)C(=O)NC1CCCc2cc(N)ccc21. The molecule has 6 nitrogen and oxygen atoms in total. The number of rotatable bonds is 5. The van der Waals surface area contributed by atoms with E-state index in [1.807, 2.05) is 32.0 Å². The molecule has 1 aliphatic carbocycles. The van der Waals surface area contributed by atoms with Crippen LogP contribution in [-0.2, 0) is 11.2 Å². The lowest BCUT2D eigenvalue weighted by Crippen LogP contribution is -2.50. The minimum atomic E-state index is -0.633. The van der Waals surface area contributed by atoms with Gasteiger partial charge in [-0.25, -0.2) is 0 Å². The molecule has 138 valence electrons. The summed E-state index contributed by atoms with van der Waals surface area (Å²) in [5, 5.41) is 5.88. The monoisotopic (exact) mass is 355 g/mol. The molecule has 0 spiro atoms. The summed E-state index contributed by atoms with van der Waals surface area (Å²) in [5.41, 5.74) is 8.90. The Morgan fingerprint density at radius 2 is 2.08 bits per heavy atom. The number of benzene rings is 1. The Morgan fingerprint density at radius 3 is 2.77 bits per heavy atom. The number of amides is 2. The summed E-state index contributed by atoms with van der Waals surface area (Å²) in [4.78, 5) is 25.1. The van der Waals surface area contributed by atoms with Gasteiger partial charge in [-0.1, -0.05) is 19.9 Å². The minimum Gasteiger partial charge on any atom is -0.459 e. The first kappa shape index (κ1) is 18.0. The lowest BCUT2D eigenvalue weighted by atomic mass is 9.87. The van der Waals surface area contributed by atoms with E-state index in [2.05, 4.69) is 10.6 Å². The zero-order chi connectivity index (χ0) is 18.7. The second kappa shape index (κ2) is 7.64. The summed E-state index contributed by atoms with van der Waals surface area (Å²) in [5.74, 6) is -0.430. The Hall–Kier alpha value is -2.76. The summed E-state index contributed by atoms with van der Waals surface area (Å²) in [6.45, 7) is 3.81. The van der Waals surface area contributed by atoms with Gasteiger partial charge >= 0.3 is 0 Å². The third kappa shape index (κ3) is 3.90. The molecule has 0 saturated heterocycles. The van der Waals surface area contributed by atoms with E-state index in [0.717, 1.165) is 30.5 Å². The van der Waals surface area contributed by atoms with Crippen molar-refractivity contribution in [1.82, 2.24) is 10.6 Å². The first-order valence-electron chi connectivity index (χ1n) is 8.98. The van der Waals surface area contributed by atoms with Crippen LogP contribution in [0.2, 0.25) is 0 Å². The number of carbonyl (C=O) groups is 2. The highest BCUT2D eigenvalue weighted by molar-refractivity contribution is 5.95. The molecule has 6 heteroatoms. The quantitative estimate of drug-likeness (QED) is 0.718. The molecule has 1 aliphatic rings. The van der Waals surface area contributed by atoms with Gasteiger partial charge < -0.3 is 20.8 Å². The number of anilines is 1. The van der Waals surface area contributed by atoms with E-state index in [1.54, 1.807) is 12.1 Å². The van der Waals surface area contributed by atoms with Crippen molar-refractivity contribution < 1.29 is 14.0 Å². The number of nitrogens with two attached hydrogens (primary N) is 1. The maximum absolute atomic E-state index is 12.9. The lowest BCUT2D eigenvalue weighted by Gasteiger charge is -2.29. The number of nitrogen functional groups attached to an aromatic ring is 1. The second-order valence-electron chi connectivity index (χ2n) is 7.08. The number of aryl methyl sites for hydroxylation is 1. The highest BCUT2D eigenvalue weighted by Gasteiger charge is 2.29. The standard InChI is InChI=1S/C20H25N3O3/c1-12(2)18(23-19(24)17-7-4-10-26-17)20(25)22-16-6-3-5-13-11-14(21)8-9-15(13)16/h4,7-12,16,18H,3,5-6,21H2,1-2H3,(H,22,25)(H,23,24). The maximum atomic E-state index is 12.9. The molecule has 0 aliphatic heterocycles. The Kier molecular flexibility index (Phi) is 5.30. The summed E-state index contributed by atoms with van der Waals surface area (Å²) in [6, 6.07) is 8.35. The molecule has 2 aromatic rings. The largest absolute Gasteiger partial charge is 0.459 e. The van der Waals surface area contributed by atoms with Gasteiger partial charge in [-0.2, -0.15) is 0 Å². The fraction of sp³-hybridized carbons (Fsp3) is 0.400. The number of hydrogen-bond donors (Lipinski definition) is 3. The molecular formula is C20H25N3O3.